The molecule has 0 aliphatic heterocycles. The molecule has 0 radical (unpaired) electrons. The Bertz CT molecular complexity index is 521. The molecule has 0 N–H and O–H groups in total. The fourth-order valence-corrected chi connectivity index (χ4v) is 2.16. The molecular formula is C14H17ClN2. The molecule has 17 heavy (non-hydrogen) atoms. The highest BCUT2D eigenvalue weighted by atomic mass is 35.5. The Balaban J connectivity index is 2.52. The molecule has 0 saturated heterocycles. The number of aryl methyl sites for hydroxylation is 2. The van der Waals surface area contributed by atoms with Gasteiger partial charge in [0.25, 0.3) is 0 Å². The largest absolute Gasteiger partial charge is 0.222 e. The number of hydrogen-bond donors (Lipinski definition) is 0. The number of halogens is 1. The van der Waals surface area contributed by atoms with E-state index in [0.717, 1.165) is 11.4 Å². The third kappa shape index (κ3) is 2.52. The monoisotopic (exact) mass is 248 g/mol. The fourth-order valence-electron chi connectivity index (χ4n) is 1.91. The van der Waals surface area contributed by atoms with E-state index in [-0.39, 0.29) is 0 Å². The van der Waals surface area contributed by atoms with Gasteiger partial charge in [-0.15, -0.1) is 0 Å². The summed E-state index contributed by atoms with van der Waals surface area (Å²) in [5, 5.41) is 5.21. The van der Waals surface area contributed by atoms with E-state index in [1.54, 1.807) is 4.68 Å². The molecule has 1 aromatic heterocycles. The van der Waals surface area contributed by atoms with Crippen LogP contribution in [0, 0.1) is 13.8 Å². The van der Waals surface area contributed by atoms with Gasteiger partial charge >= 0.3 is 0 Å². The van der Waals surface area contributed by atoms with Crippen molar-refractivity contribution in [3.63, 3.8) is 0 Å². The Hall–Kier alpha value is -1.28. The average Bonchev–Trinajstić information content (AvgIpc) is 2.59. The van der Waals surface area contributed by atoms with E-state index in [1.807, 2.05) is 6.07 Å². The topological polar surface area (TPSA) is 17.8 Å². The van der Waals surface area contributed by atoms with Gasteiger partial charge in [0.1, 0.15) is 5.15 Å². The van der Waals surface area contributed by atoms with Crippen molar-refractivity contribution in [2.75, 3.05) is 0 Å². The van der Waals surface area contributed by atoms with Crippen molar-refractivity contribution in [3.8, 4) is 5.69 Å². The predicted molar refractivity (Wildman–Crippen MR) is 72.1 cm³/mol. The smallest absolute Gasteiger partial charge is 0.133 e. The summed E-state index contributed by atoms with van der Waals surface area (Å²) >= 11 is 6.23. The maximum Gasteiger partial charge on any atom is 0.133 e. The number of rotatable bonds is 2. The normalized spacial score (nSPS) is 11.2. The van der Waals surface area contributed by atoms with Gasteiger partial charge in [0.2, 0.25) is 0 Å². The first kappa shape index (κ1) is 12.2. The third-order valence-electron chi connectivity index (χ3n) is 2.73. The molecule has 3 heteroatoms. The SMILES string of the molecule is Cc1cc(C)cc(-n2nc(C(C)C)cc2Cl)c1. The number of aromatic nitrogens is 2. The lowest BCUT2D eigenvalue weighted by atomic mass is 10.1. The molecular weight excluding hydrogens is 232 g/mol. The van der Waals surface area contributed by atoms with E-state index >= 15 is 0 Å². The summed E-state index contributed by atoms with van der Waals surface area (Å²) in [4.78, 5) is 0. The molecule has 0 saturated carbocycles. The number of benzene rings is 1. The van der Waals surface area contributed by atoms with Crippen LogP contribution in [-0.2, 0) is 0 Å². The van der Waals surface area contributed by atoms with Gasteiger partial charge in [-0.05, 0) is 49.1 Å². The van der Waals surface area contributed by atoms with Gasteiger partial charge in [0.05, 0.1) is 11.4 Å². The second-order valence-corrected chi connectivity index (χ2v) is 5.19. The lowest BCUT2D eigenvalue weighted by molar-refractivity contribution is 0.768. The zero-order valence-electron chi connectivity index (χ0n) is 10.7. The highest BCUT2D eigenvalue weighted by Crippen LogP contribution is 2.23. The van der Waals surface area contributed by atoms with E-state index in [9.17, 15) is 0 Å². The Morgan fingerprint density at radius 2 is 1.65 bits per heavy atom. The molecule has 0 atom stereocenters. The van der Waals surface area contributed by atoms with Gasteiger partial charge in [-0.25, -0.2) is 4.68 Å². The average molecular weight is 249 g/mol. The molecule has 0 spiro atoms. The lowest BCUT2D eigenvalue weighted by Gasteiger charge is -2.06. The lowest BCUT2D eigenvalue weighted by Crippen LogP contribution is -1.99. The highest BCUT2D eigenvalue weighted by Gasteiger charge is 2.10. The summed E-state index contributed by atoms with van der Waals surface area (Å²) in [5.74, 6) is 0.389. The summed E-state index contributed by atoms with van der Waals surface area (Å²) in [6.45, 7) is 8.39. The van der Waals surface area contributed by atoms with Crippen LogP contribution in [0.4, 0.5) is 0 Å². The molecule has 1 aromatic carbocycles. The van der Waals surface area contributed by atoms with Crippen LogP contribution in [0.1, 0.15) is 36.6 Å². The Morgan fingerprint density at radius 1 is 1.06 bits per heavy atom. The highest BCUT2D eigenvalue weighted by molar-refractivity contribution is 6.29. The van der Waals surface area contributed by atoms with Crippen LogP contribution < -0.4 is 0 Å². The predicted octanol–water partition coefficient (Wildman–Crippen LogP) is 4.27. The van der Waals surface area contributed by atoms with Crippen molar-refractivity contribution in [2.45, 2.75) is 33.6 Å². The molecule has 2 aromatic rings. The molecule has 90 valence electrons. The number of nitrogens with zero attached hydrogens (tertiary/aromatic N) is 2. The van der Waals surface area contributed by atoms with Crippen molar-refractivity contribution < 1.29 is 0 Å². The first-order valence-corrected chi connectivity index (χ1v) is 6.19. The summed E-state index contributed by atoms with van der Waals surface area (Å²) in [6, 6.07) is 8.26. The van der Waals surface area contributed by atoms with Crippen LogP contribution in [-0.4, -0.2) is 9.78 Å². The Morgan fingerprint density at radius 3 is 2.12 bits per heavy atom. The van der Waals surface area contributed by atoms with Gasteiger partial charge in [-0.3, -0.25) is 0 Å². The van der Waals surface area contributed by atoms with Crippen LogP contribution >= 0.6 is 11.6 Å². The van der Waals surface area contributed by atoms with Crippen molar-refractivity contribution in [1.82, 2.24) is 9.78 Å². The maximum atomic E-state index is 6.23. The molecule has 0 aliphatic rings. The number of hydrogen-bond acceptors (Lipinski definition) is 1. The molecule has 0 amide bonds. The standard InChI is InChI=1S/C14H17ClN2/c1-9(2)13-8-14(15)17(16-13)12-6-10(3)5-11(4)7-12/h5-9H,1-4H3. The molecule has 0 bridgehead atoms. The second kappa shape index (κ2) is 4.53. The van der Waals surface area contributed by atoms with Crippen LogP contribution in [0.3, 0.4) is 0 Å². The summed E-state index contributed by atoms with van der Waals surface area (Å²) in [7, 11) is 0. The Kier molecular flexibility index (Phi) is 3.25. The minimum atomic E-state index is 0.389. The van der Waals surface area contributed by atoms with Crippen molar-refractivity contribution in [1.29, 1.82) is 0 Å². The molecule has 2 nitrogen and oxygen atoms in total. The molecule has 0 unspecified atom stereocenters. The van der Waals surface area contributed by atoms with E-state index in [0.29, 0.717) is 11.1 Å². The summed E-state index contributed by atoms with van der Waals surface area (Å²) in [5.41, 5.74) is 4.49. The maximum absolute atomic E-state index is 6.23. The quantitative estimate of drug-likeness (QED) is 0.776. The van der Waals surface area contributed by atoms with Crippen molar-refractivity contribution >= 4 is 11.6 Å². The van der Waals surface area contributed by atoms with E-state index in [4.69, 9.17) is 11.6 Å². The molecule has 1 heterocycles. The van der Waals surface area contributed by atoms with E-state index in [1.165, 1.54) is 11.1 Å². The Labute approximate surface area is 107 Å². The van der Waals surface area contributed by atoms with Crippen molar-refractivity contribution in [3.05, 3.63) is 46.2 Å². The first-order chi connectivity index (χ1) is 7.97. The van der Waals surface area contributed by atoms with E-state index < -0.39 is 0 Å². The van der Waals surface area contributed by atoms with Crippen LogP contribution in [0.25, 0.3) is 5.69 Å². The molecule has 0 aliphatic carbocycles. The third-order valence-corrected chi connectivity index (χ3v) is 3.00. The van der Waals surface area contributed by atoms with Gasteiger partial charge in [-0.2, -0.15) is 5.10 Å². The first-order valence-electron chi connectivity index (χ1n) is 5.81. The summed E-state index contributed by atoms with van der Waals surface area (Å²) in [6.07, 6.45) is 0. The molecule has 0 fully saturated rings. The van der Waals surface area contributed by atoms with Gasteiger partial charge in [-0.1, -0.05) is 31.5 Å². The minimum absolute atomic E-state index is 0.389. The van der Waals surface area contributed by atoms with Gasteiger partial charge in [0, 0.05) is 0 Å². The van der Waals surface area contributed by atoms with Gasteiger partial charge in [0.15, 0.2) is 0 Å². The second-order valence-electron chi connectivity index (χ2n) is 4.80. The minimum Gasteiger partial charge on any atom is -0.222 e. The van der Waals surface area contributed by atoms with E-state index in [2.05, 4.69) is 51.0 Å². The zero-order valence-corrected chi connectivity index (χ0v) is 11.4. The van der Waals surface area contributed by atoms with Crippen LogP contribution in [0.2, 0.25) is 5.15 Å². The fraction of sp³-hybridized carbons (Fsp3) is 0.357. The zero-order chi connectivity index (χ0) is 12.6. The van der Waals surface area contributed by atoms with Crippen molar-refractivity contribution in [2.24, 2.45) is 0 Å². The molecule has 2 rings (SSSR count). The van der Waals surface area contributed by atoms with Gasteiger partial charge < -0.3 is 0 Å². The summed E-state index contributed by atoms with van der Waals surface area (Å²) < 4.78 is 1.80. The van der Waals surface area contributed by atoms with Crippen LogP contribution in [0.15, 0.2) is 24.3 Å². The van der Waals surface area contributed by atoms with Crippen LogP contribution in [0.5, 0.6) is 0 Å².